The number of para-hydroxylation sites is 1. The Hall–Kier alpha value is -1.76. The summed E-state index contributed by atoms with van der Waals surface area (Å²) in [6.45, 7) is 6.71. The predicted octanol–water partition coefficient (Wildman–Crippen LogP) is 4.58. The van der Waals surface area contributed by atoms with E-state index in [0.29, 0.717) is 0 Å². The zero-order valence-electron chi connectivity index (χ0n) is 12.2. The van der Waals surface area contributed by atoms with Crippen LogP contribution in [0, 0.1) is 0 Å². The molecule has 0 bridgehead atoms. The van der Waals surface area contributed by atoms with E-state index >= 15 is 0 Å². The van der Waals surface area contributed by atoms with Gasteiger partial charge in [-0.3, -0.25) is 0 Å². The van der Waals surface area contributed by atoms with Crippen LogP contribution in [-0.4, -0.2) is 7.11 Å². The third-order valence-electron chi connectivity index (χ3n) is 3.41. The number of benzene rings is 2. The summed E-state index contributed by atoms with van der Waals surface area (Å²) in [5, 5.41) is 0. The minimum absolute atomic E-state index is 0.211. The SMILES string of the molecule is COc1ccccc1Cc1ccc(C(C)(C)C)cc1. The Labute approximate surface area is 116 Å². The van der Waals surface area contributed by atoms with Crippen LogP contribution in [0.5, 0.6) is 5.75 Å². The Bertz CT molecular complexity index is 532. The van der Waals surface area contributed by atoms with Crippen LogP contribution in [0.25, 0.3) is 0 Å². The van der Waals surface area contributed by atoms with Crippen LogP contribution < -0.4 is 4.74 Å². The molecule has 1 nitrogen and oxygen atoms in total. The second kappa shape index (κ2) is 5.48. The maximum absolute atomic E-state index is 5.40. The number of ether oxygens (including phenoxy) is 1. The van der Waals surface area contributed by atoms with Crippen LogP contribution in [0.3, 0.4) is 0 Å². The molecule has 1 heteroatoms. The van der Waals surface area contributed by atoms with Gasteiger partial charge in [0.25, 0.3) is 0 Å². The maximum atomic E-state index is 5.40. The number of rotatable bonds is 3. The number of methoxy groups -OCH3 is 1. The summed E-state index contributed by atoms with van der Waals surface area (Å²) in [4.78, 5) is 0. The lowest BCUT2D eigenvalue weighted by molar-refractivity contribution is 0.410. The second-order valence-corrected chi connectivity index (χ2v) is 5.94. The minimum atomic E-state index is 0.211. The van der Waals surface area contributed by atoms with E-state index in [1.807, 2.05) is 12.1 Å². The van der Waals surface area contributed by atoms with Crippen LogP contribution in [0.2, 0.25) is 0 Å². The van der Waals surface area contributed by atoms with Crippen molar-refractivity contribution in [1.29, 1.82) is 0 Å². The van der Waals surface area contributed by atoms with Gasteiger partial charge >= 0.3 is 0 Å². The first-order valence-electron chi connectivity index (χ1n) is 6.72. The van der Waals surface area contributed by atoms with Gasteiger partial charge in [-0.1, -0.05) is 63.2 Å². The highest BCUT2D eigenvalue weighted by molar-refractivity contribution is 5.38. The lowest BCUT2D eigenvalue weighted by atomic mass is 9.86. The van der Waals surface area contributed by atoms with Gasteiger partial charge < -0.3 is 4.74 Å². The molecule has 0 aromatic heterocycles. The van der Waals surface area contributed by atoms with Gasteiger partial charge in [0.05, 0.1) is 7.11 Å². The molecule has 0 spiro atoms. The van der Waals surface area contributed by atoms with E-state index in [-0.39, 0.29) is 5.41 Å². The van der Waals surface area contributed by atoms with Crippen molar-refractivity contribution >= 4 is 0 Å². The Morgan fingerprint density at radius 3 is 2.11 bits per heavy atom. The molecule has 0 fully saturated rings. The van der Waals surface area contributed by atoms with Crippen LogP contribution in [0.4, 0.5) is 0 Å². The molecule has 0 radical (unpaired) electrons. The fourth-order valence-electron chi connectivity index (χ4n) is 2.19. The van der Waals surface area contributed by atoms with Gasteiger partial charge in [-0.2, -0.15) is 0 Å². The third-order valence-corrected chi connectivity index (χ3v) is 3.41. The largest absolute Gasteiger partial charge is 0.496 e. The molecular formula is C18H22O. The second-order valence-electron chi connectivity index (χ2n) is 5.94. The Morgan fingerprint density at radius 2 is 1.53 bits per heavy atom. The summed E-state index contributed by atoms with van der Waals surface area (Å²) in [5.41, 5.74) is 4.13. The minimum Gasteiger partial charge on any atom is -0.496 e. The molecule has 0 N–H and O–H groups in total. The molecule has 0 aliphatic carbocycles. The molecule has 0 amide bonds. The van der Waals surface area contributed by atoms with E-state index in [9.17, 15) is 0 Å². The maximum Gasteiger partial charge on any atom is 0.122 e. The monoisotopic (exact) mass is 254 g/mol. The van der Waals surface area contributed by atoms with Gasteiger partial charge in [0.15, 0.2) is 0 Å². The Balaban J connectivity index is 2.20. The Morgan fingerprint density at radius 1 is 0.895 bits per heavy atom. The highest BCUT2D eigenvalue weighted by atomic mass is 16.5. The molecule has 0 saturated carbocycles. The van der Waals surface area contributed by atoms with Crippen molar-refractivity contribution in [1.82, 2.24) is 0 Å². The molecule has 0 aliphatic heterocycles. The van der Waals surface area contributed by atoms with Crippen LogP contribution in [0.15, 0.2) is 48.5 Å². The molecule has 0 unspecified atom stereocenters. The van der Waals surface area contributed by atoms with Gasteiger partial charge in [0.2, 0.25) is 0 Å². The van der Waals surface area contributed by atoms with Crippen LogP contribution in [-0.2, 0) is 11.8 Å². The molecule has 0 aliphatic rings. The fraction of sp³-hybridized carbons (Fsp3) is 0.333. The molecule has 0 atom stereocenters. The van der Waals surface area contributed by atoms with Crippen molar-refractivity contribution < 1.29 is 4.74 Å². The standard InChI is InChI=1S/C18H22O/c1-18(2,3)16-11-9-14(10-12-16)13-15-7-5-6-8-17(15)19-4/h5-12H,13H2,1-4H3. The van der Waals surface area contributed by atoms with Gasteiger partial charge in [0, 0.05) is 6.42 Å². The van der Waals surface area contributed by atoms with Crippen molar-refractivity contribution in [3.8, 4) is 5.75 Å². The first-order valence-corrected chi connectivity index (χ1v) is 6.72. The molecule has 2 rings (SSSR count). The van der Waals surface area contributed by atoms with E-state index in [0.717, 1.165) is 12.2 Å². The highest BCUT2D eigenvalue weighted by Gasteiger charge is 2.13. The van der Waals surface area contributed by atoms with E-state index in [1.54, 1.807) is 7.11 Å². The summed E-state index contributed by atoms with van der Waals surface area (Å²) in [6, 6.07) is 17.1. The molecule has 0 saturated heterocycles. The van der Waals surface area contributed by atoms with Crippen molar-refractivity contribution in [3.05, 3.63) is 65.2 Å². The first kappa shape index (κ1) is 13.7. The van der Waals surface area contributed by atoms with Crippen molar-refractivity contribution in [3.63, 3.8) is 0 Å². The van der Waals surface area contributed by atoms with Crippen LogP contribution in [0.1, 0.15) is 37.5 Å². The van der Waals surface area contributed by atoms with Gasteiger partial charge in [-0.25, -0.2) is 0 Å². The molecular weight excluding hydrogens is 232 g/mol. The topological polar surface area (TPSA) is 9.23 Å². The van der Waals surface area contributed by atoms with E-state index in [1.165, 1.54) is 16.7 Å². The normalized spacial score (nSPS) is 11.4. The highest BCUT2D eigenvalue weighted by Crippen LogP contribution is 2.24. The van der Waals surface area contributed by atoms with E-state index in [4.69, 9.17) is 4.74 Å². The zero-order chi connectivity index (χ0) is 13.9. The summed E-state index contributed by atoms with van der Waals surface area (Å²) < 4.78 is 5.40. The fourth-order valence-corrected chi connectivity index (χ4v) is 2.19. The lowest BCUT2D eigenvalue weighted by Crippen LogP contribution is -2.10. The predicted molar refractivity (Wildman–Crippen MR) is 80.9 cm³/mol. The number of hydrogen-bond donors (Lipinski definition) is 0. The molecule has 0 heterocycles. The van der Waals surface area contributed by atoms with E-state index in [2.05, 4.69) is 57.2 Å². The average molecular weight is 254 g/mol. The summed E-state index contributed by atoms with van der Waals surface area (Å²) in [5.74, 6) is 0.961. The molecule has 2 aromatic rings. The summed E-state index contributed by atoms with van der Waals surface area (Å²) in [7, 11) is 1.72. The quantitative estimate of drug-likeness (QED) is 0.778. The number of hydrogen-bond acceptors (Lipinski definition) is 1. The van der Waals surface area contributed by atoms with E-state index < -0.39 is 0 Å². The summed E-state index contributed by atoms with van der Waals surface area (Å²) >= 11 is 0. The van der Waals surface area contributed by atoms with Crippen molar-refractivity contribution in [2.75, 3.05) is 7.11 Å². The van der Waals surface area contributed by atoms with Gasteiger partial charge in [-0.15, -0.1) is 0 Å². The first-order chi connectivity index (χ1) is 9.00. The third kappa shape index (κ3) is 3.37. The van der Waals surface area contributed by atoms with Crippen molar-refractivity contribution in [2.24, 2.45) is 0 Å². The lowest BCUT2D eigenvalue weighted by Gasteiger charge is -2.19. The molecule has 100 valence electrons. The summed E-state index contributed by atoms with van der Waals surface area (Å²) in [6.07, 6.45) is 0.911. The Kier molecular flexibility index (Phi) is 3.94. The molecule has 19 heavy (non-hydrogen) atoms. The molecule has 2 aromatic carbocycles. The average Bonchev–Trinajstić information content (AvgIpc) is 2.39. The van der Waals surface area contributed by atoms with Gasteiger partial charge in [-0.05, 0) is 28.2 Å². The van der Waals surface area contributed by atoms with Gasteiger partial charge in [0.1, 0.15) is 5.75 Å². The van der Waals surface area contributed by atoms with Crippen LogP contribution >= 0.6 is 0 Å². The van der Waals surface area contributed by atoms with Crippen molar-refractivity contribution in [2.45, 2.75) is 32.6 Å². The zero-order valence-corrected chi connectivity index (χ0v) is 12.2. The smallest absolute Gasteiger partial charge is 0.122 e.